The average molecular weight is 303 g/mol. The van der Waals surface area contributed by atoms with Gasteiger partial charge in [-0.15, -0.1) is 0 Å². The molecule has 0 saturated carbocycles. The molecule has 0 spiro atoms. The highest BCUT2D eigenvalue weighted by atomic mass is 79.9. The molecule has 0 aliphatic carbocycles. The molecule has 0 heterocycles. The van der Waals surface area contributed by atoms with Crippen molar-refractivity contribution in [1.82, 2.24) is 0 Å². The smallest absolute Gasteiger partial charge is 0.146 e. The van der Waals surface area contributed by atoms with E-state index in [-0.39, 0.29) is 0 Å². The molecule has 4 heteroatoms. The fourth-order valence-corrected chi connectivity index (χ4v) is 2.04. The van der Waals surface area contributed by atoms with Crippen LogP contribution in [0.15, 0.2) is 40.9 Å². The number of nitrogens with two attached hydrogens (primary N) is 1. The molecule has 2 aromatic carbocycles. The number of benzene rings is 2. The number of nitriles is 1. The van der Waals surface area contributed by atoms with Crippen LogP contribution in [0, 0.1) is 18.3 Å². The van der Waals surface area contributed by atoms with Crippen LogP contribution in [0.2, 0.25) is 0 Å². The van der Waals surface area contributed by atoms with Crippen LogP contribution in [0.25, 0.3) is 0 Å². The predicted octanol–water partition coefficient (Wildman–Crippen LogP) is 4.00. The van der Waals surface area contributed by atoms with E-state index in [4.69, 9.17) is 15.7 Å². The molecule has 0 aliphatic rings. The second-order valence-corrected chi connectivity index (χ2v) is 4.71. The van der Waals surface area contributed by atoms with Gasteiger partial charge in [0.05, 0.1) is 0 Å². The lowest BCUT2D eigenvalue weighted by Gasteiger charge is -2.11. The molecule has 3 nitrogen and oxygen atoms in total. The van der Waals surface area contributed by atoms with Crippen LogP contribution in [0.5, 0.6) is 11.5 Å². The maximum atomic E-state index is 9.11. The van der Waals surface area contributed by atoms with E-state index in [0.717, 1.165) is 10.0 Å². The fourth-order valence-electron chi connectivity index (χ4n) is 1.60. The summed E-state index contributed by atoms with van der Waals surface area (Å²) in [6.07, 6.45) is 0. The first-order valence-corrected chi connectivity index (χ1v) is 6.13. The number of nitrogens with zero attached hydrogens (tertiary/aromatic N) is 1. The normalized spacial score (nSPS) is 9.83. The molecular formula is C14H11BrN2O. The molecular weight excluding hydrogens is 292 g/mol. The highest BCUT2D eigenvalue weighted by Crippen LogP contribution is 2.32. The molecule has 0 amide bonds. The Morgan fingerprint density at radius 2 is 2.00 bits per heavy atom. The van der Waals surface area contributed by atoms with E-state index in [1.165, 1.54) is 0 Å². The van der Waals surface area contributed by atoms with Gasteiger partial charge in [0.25, 0.3) is 0 Å². The van der Waals surface area contributed by atoms with Gasteiger partial charge in [-0.2, -0.15) is 5.26 Å². The lowest BCUT2D eigenvalue weighted by Crippen LogP contribution is -1.93. The number of nitrogen functional groups attached to an aromatic ring is 1. The van der Waals surface area contributed by atoms with E-state index in [9.17, 15) is 0 Å². The second kappa shape index (κ2) is 5.11. The Morgan fingerprint density at radius 1 is 1.22 bits per heavy atom. The van der Waals surface area contributed by atoms with E-state index < -0.39 is 0 Å². The standard InChI is InChI=1S/C14H11BrN2O/c1-9-7-10(17)5-6-13(9)18-14-4-2-3-12(15)11(14)8-16/h2-7H,17H2,1H3. The molecule has 0 bridgehead atoms. The third-order valence-corrected chi connectivity index (χ3v) is 3.17. The SMILES string of the molecule is Cc1cc(N)ccc1Oc1cccc(Br)c1C#N. The van der Waals surface area contributed by atoms with Crippen LogP contribution in [0.1, 0.15) is 11.1 Å². The fraction of sp³-hybridized carbons (Fsp3) is 0.0714. The summed E-state index contributed by atoms with van der Waals surface area (Å²) < 4.78 is 6.48. The van der Waals surface area contributed by atoms with Gasteiger partial charge in [-0.25, -0.2) is 0 Å². The molecule has 0 aliphatic heterocycles. The van der Waals surface area contributed by atoms with Crippen molar-refractivity contribution in [2.24, 2.45) is 0 Å². The Labute approximate surface area is 114 Å². The second-order valence-electron chi connectivity index (χ2n) is 3.85. The summed E-state index contributed by atoms with van der Waals surface area (Å²) in [7, 11) is 0. The molecule has 0 atom stereocenters. The minimum atomic E-state index is 0.480. The summed E-state index contributed by atoms with van der Waals surface area (Å²) in [6, 6.07) is 12.9. The maximum absolute atomic E-state index is 9.11. The van der Waals surface area contributed by atoms with Gasteiger partial charge in [-0.05, 0) is 58.7 Å². The molecule has 0 fully saturated rings. The summed E-state index contributed by atoms with van der Waals surface area (Å²) in [5.74, 6) is 1.22. The minimum Gasteiger partial charge on any atom is -0.456 e. The van der Waals surface area contributed by atoms with Crippen molar-refractivity contribution in [2.45, 2.75) is 6.92 Å². The summed E-state index contributed by atoms with van der Waals surface area (Å²) in [6.45, 7) is 1.91. The van der Waals surface area contributed by atoms with E-state index in [0.29, 0.717) is 22.7 Å². The third kappa shape index (κ3) is 2.47. The van der Waals surface area contributed by atoms with Crippen molar-refractivity contribution >= 4 is 21.6 Å². The average Bonchev–Trinajstić information content (AvgIpc) is 2.33. The highest BCUT2D eigenvalue weighted by Gasteiger charge is 2.09. The molecule has 0 unspecified atom stereocenters. The quantitative estimate of drug-likeness (QED) is 0.853. The predicted molar refractivity (Wildman–Crippen MR) is 74.5 cm³/mol. The Kier molecular flexibility index (Phi) is 3.54. The summed E-state index contributed by atoms with van der Waals surface area (Å²) >= 11 is 3.33. The van der Waals surface area contributed by atoms with Crippen LogP contribution >= 0.6 is 15.9 Å². The van der Waals surface area contributed by atoms with Crippen LogP contribution in [0.3, 0.4) is 0 Å². The van der Waals surface area contributed by atoms with Gasteiger partial charge in [0.1, 0.15) is 23.1 Å². The van der Waals surface area contributed by atoms with Gasteiger partial charge in [0.2, 0.25) is 0 Å². The molecule has 0 radical (unpaired) electrons. The number of ether oxygens (including phenoxy) is 1. The summed E-state index contributed by atoms with van der Waals surface area (Å²) in [5, 5.41) is 9.11. The Bertz CT molecular complexity index is 632. The summed E-state index contributed by atoms with van der Waals surface area (Å²) in [4.78, 5) is 0. The Balaban J connectivity index is 2.41. The van der Waals surface area contributed by atoms with Crippen LogP contribution in [-0.4, -0.2) is 0 Å². The maximum Gasteiger partial charge on any atom is 0.146 e. The molecule has 0 aromatic heterocycles. The van der Waals surface area contributed by atoms with Gasteiger partial charge < -0.3 is 10.5 Å². The zero-order valence-corrected chi connectivity index (χ0v) is 11.4. The van der Waals surface area contributed by atoms with Crippen molar-refractivity contribution in [2.75, 3.05) is 5.73 Å². The van der Waals surface area contributed by atoms with Gasteiger partial charge >= 0.3 is 0 Å². The van der Waals surface area contributed by atoms with Crippen molar-refractivity contribution in [3.05, 3.63) is 52.0 Å². The largest absolute Gasteiger partial charge is 0.456 e. The van der Waals surface area contributed by atoms with E-state index in [2.05, 4.69) is 22.0 Å². The first-order valence-electron chi connectivity index (χ1n) is 5.34. The number of hydrogen-bond donors (Lipinski definition) is 1. The van der Waals surface area contributed by atoms with Crippen LogP contribution in [0.4, 0.5) is 5.69 Å². The lowest BCUT2D eigenvalue weighted by molar-refractivity contribution is 0.477. The third-order valence-electron chi connectivity index (χ3n) is 2.51. The van der Waals surface area contributed by atoms with Crippen molar-refractivity contribution < 1.29 is 4.74 Å². The Hall–Kier alpha value is -1.99. The first kappa shape index (κ1) is 12.5. The van der Waals surface area contributed by atoms with Crippen LogP contribution < -0.4 is 10.5 Å². The monoisotopic (exact) mass is 302 g/mol. The lowest BCUT2D eigenvalue weighted by atomic mass is 10.2. The molecule has 0 saturated heterocycles. The Morgan fingerprint density at radius 3 is 2.67 bits per heavy atom. The van der Waals surface area contributed by atoms with E-state index >= 15 is 0 Å². The number of hydrogen-bond acceptors (Lipinski definition) is 3. The number of anilines is 1. The molecule has 18 heavy (non-hydrogen) atoms. The van der Waals surface area contributed by atoms with Gasteiger partial charge in [-0.3, -0.25) is 0 Å². The molecule has 90 valence electrons. The molecule has 2 rings (SSSR count). The topological polar surface area (TPSA) is 59.0 Å². The minimum absolute atomic E-state index is 0.480. The summed E-state index contributed by atoms with van der Waals surface area (Å²) in [5.41, 5.74) is 7.78. The highest BCUT2D eigenvalue weighted by molar-refractivity contribution is 9.10. The number of rotatable bonds is 2. The van der Waals surface area contributed by atoms with Crippen molar-refractivity contribution in [1.29, 1.82) is 5.26 Å². The zero-order valence-electron chi connectivity index (χ0n) is 9.77. The molecule has 2 aromatic rings. The number of aryl methyl sites for hydroxylation is 1. The van der Waals surface area contributed by atoms with E-state index in [1.54, 1.807) is 24.3 Å². The van der Waals surface area contributed by atoms with Gasteiger partial charge in [0.15, 0.2) is 0 Å². The van der Waals surface area contributed by atoms with Gasteiger partial charge in [-0.1, -0.05) is 6.07 Å². The first-order chi connectivity index (χ1) is 8.61. The zero-order chi connectivity index (χ0) is 13.1. The van der Waals surface area contributed by atoms with Crippen LogP contribution in [-0.2, 0) is 0 Å². The van der Waals surface area contributed by atoms with Crippen molar-refractivity contribution in [3.63, 3.8) is 0 Å². The molecule has 2 N–H and O–H groups in total. The van der Waals surface area contributed by atoms with Gasteiger partial charge in [0, 0.05) is 10.2 Å². The van der Waals surface area contributed by atoms with E-state index in [1.807, 2.05) is 19.1 Å². The van der Waals surface area contributed by atoms with Crippen molar-refractivity contribution in [3.8, 4) is 17.6 Å². The number of halogens is 1.